The zero-order valence-electron chi connectivity index (χ0n) is 10.2. The van der Waals surface area contributed by atoms with Crippen molar-refractivity contribution in [3.05, 3.63) is 41.6 Å². The van der Waals surface area contributed by atoms with Gasteiger partial charge in [-0.25, -0.2) is 0 Å². The first kappa shape index (κ1) is 15.5. The number of nitriles is 2. The smallest absolute Gasteiger partial charge is 0.367 e. The summed E-state index contributed by atoms with van der Waals surface area (Å²) >= 11 is 0. The maximum Gasteiger partial charge on any atom is 0.411 e. The zero-order chi connectivity index (χ0) is 15.0. The van der Waals surface area contributed by atoms with Gasteiger partial charge in [-0.15, -0.1) is 0 Å². The monoisotopic (exact) mass is 281 g/mol. The molecule has 0 atom stereocenters. The largest absolute Gasteiger partial charge is 0.411 e. The summed E-state index contributed by atoms with van der Waals surface area (Å²) in [4.78, 5) is 0. The van der Waals surface area contributed by atoms with Gasteiger partial charge in [0.15, 0.2) is 0 Å². The van der Waals surface area contributed by atoms with E-state index < -0.39 is 12.8 Å². The van der Waals surface area contributed by atoms with Gasteiger partial charge in [-0.1, -0.05) is 12.1 Å². The Hall–Kier alpha value is -2.51. The zero-order valence-corrected chi connectivity index (χ0v) is 10.2. The van der Waals surface area contributed by atoms with Gasteiger partial charge in [-0.2, -0.15) is 23.7 Å². The quantitative estimate of drug-likeness (QED) is 0.842. The van der Waals surface area contributed by atoms with Gasteiger partial charge in [0.1, 0.15) is 24.3 Å². The number of nitrogens with zero attached hydrogens (tertiary/aromatic N) is 2. The maximum atomic E-state index is 11.9. The average molecular weight is 281 g/mol. The Morgan fingerprint density at radius 1 is 1.20 bits per heavy atom. The molecular formula is C13H10F3N3O. The predicted octanol–water partition coefficient (Wildman–Crippen LogP) is 3.11. The van der Waals surface area contributed by atoms with Crippen LogP contribution in [-0.4, -0.2) is 12.8 Å². The Kier molecular flexibility index (Phi) is 5.57. The lowest BCUT2D eigenvalue weighted by Gasteiger charge is -2.08. The SMILES string of the molecule is N#CC(C#N)=CNc1ccc(COCC(F)(F)F)cc1. The van der Waals surface area contributed by atoms with Crippen molar-refractivity contribution in [3.63, 3.8) is 0 Å². The van der Waals surface area contributed by atoms with Crippen molar-refractivity contribution < 1.29 is 17.9 Å². The van der Waals surface area contributed by atoms with Crippen LogP contribution in [0, 0.1) is 22.7 Å². The molecule has 20 heavy (non-hydrogen) atoms. The van der Waals surface area contributed by atoms with E-state index in [1.54, 1.807) is 36.4 Å². The summed E-state index contributed by atoms with van der Waals surface area (Å²) in [5.41, 5.74) is 1.11. The standard InChI is InChI=1S/C13H10F3N3O/c14-13(15,16)9-20-8-10-1-3-12(4-2-10)19-7-11(5-17)6-18/h1-4,7,19H,8-9H2. The van der Waals surface area contributed by atoms with Crippen LogP contribution in [0.5, 0.6) is 0 Å². The summed E-state index contributed by atoms with van der Waals surface area (Å²) in [6, 6.07) is 9.76. The van der Waals surface area contributed by atoms with E-state index in [1.165, 1.54) is 6.20 Å². The van der Waals surface area contributed by atoms with Gasteiger partial charge in [-0.05, 0) is 17.7 Å². The van der Waals surface area contributed by atoms with Gasteiger partial charge in [0.05, 0.1) is 6.61 Å². The minimum Gasteiger partial charge on any atom is -0.367 e. The normalized spacial score (nSPS) is 10.2. The molecule has 0 amide bonds. The molecule has 0 spiro atoms. The first-order chi connectivity index (χ1) is 9.44. The fourth-order valence-electron chi connectivity index (χ4n) is 1.23. The average Bonchev–Trinajstić information content (AvgIpc) is 2.40. The molecule has 0 bridgehead atoms. The lowest BCUT2D eigenvalue weighted by Crippen LogP contribution is -2.16. The first-order valence-corrected chi connectivity index (χ1v) is 5.45. The molecule has 4 nitrogen and oxygen atoms in total. The van der Waals surface area contributed by atoms with Crippen molar-refractivity contribution in [2.24, 2.45) is 0 Å². The van der Waals surface area contributed by atoms with Crippen LogP contribution < -0.4 is 5.32 Å². The molecule has 0 saturated heterocycles. The van der Waals surface area contributed by atoms with E-state index in [-0.39, 0.29) is 12.2 Å². The van der Waals surface area contributed by atoms with Crippen molar-refractivity contribution in [2.45, 2.75) is 12.8 Å². The van der Waals surface area contributed by atoms with Crippen LogP contribution in [-0.2, 0) is 11.3 Å². The molecule has 0 saturated carbocycles. The molecule has 0 radical (unpaired) electrons. The van der Waals surface area contributed by atoms with Crippen LogP contribution in [0.3, 0.4) is 0 Å². The van der Waals surface area contributed by atoms with Gasteiger partial charge < -0.3 is 10.1 Å². The second kappa shape index (κ2) is 7.17. The van der Waals surface area contributed by atoms with Crippen molar-refractivity contribution in [3.8, 4) is 12.1 Å². The van der Waals surface area contributed by atoms with Gasteiger partial charge in [0.25, 0.3) is 0 Å². The highest BCUT2D eigenvalue weighted by atomic mass is 19.4. The number of hydrogen-bond donors (Lipinski definition) is 1. The summed E-state index contributed by atoms with van der Waals surface area (Å²) in [5, 5.41) is 19.8. The molecule has 0 aromatic heterocycles. The lowest BCUT2D eigenvalue weighted by atomic mass is 10.2. The third kappa shape index (κ3) is 5.89. The van der Waals surface area contributed by atoms with Crippen LogP contribution in [0.4, 0.5) is 18.9 Å². The molecule has 104 valence electrons. The van der Waals surface area contributed by atoms with Crippen molar-refractivity contribution >= 4 is 5.69 Å². The fraction of sp³-hybridized carbons (Fsp3) is 0.231. The molecule has 1 N–H and O–H groups in total. The van der Waals surface area contributed by atoms with E-state index in [0.717, 1.165) is 0 Å². The molecule has 0 unspecified atom stereocenters. The van der Waals surface area contributed by atoms with Gasteiger partial charge in [0.2, 0.25) is 0 Å². The molecule has 0 heterocycles. The highest BCUT2D eigenvalue weighted by Gasteiger charge is 2.27. The van der Waals surface area contributed by atoms with Gasteiger partial charge in [0, 0.05) is 11.9 Å². The summed E-state index contributed by atoms with van der Waals surface area (Å²) in [6.45, 7) is -1.43. The summed E-state index contributed by atoms with van der Waals surface area (Å²) in [5.74, 6) is 0. The lowest BCUT2D eigenvalue weighted by molar-refractivity contribution is -0.176. The fourth-order valence-corrected chi connectivity index (χ4v) is 1.23. The number of benzene rings is 1. The number of nitrogens with one attached hydrogen (secondary N) is 1. The third-order valence-electron chi connectivity index (χ3n) is 2.11. The van der Waals surface area contributed by atoms with Crippen LogP contribution in [0.1, 0.15) is 5.56 Å². The second-order valence-electron chi connectivity index (χ2n) is 3.73. The topological polar surface area (TPSA) is 68.8 Å². The van der Waals surface area contributed by atoms with Gasteiger partial charge >= 0.3 is 6.18 Å². The highest BCUT2D eigenvalue weighted by Crippen LogP contribution is 2.16. The minimum atomic E-state index is -4.34. The summed E-state index contributed by atoms with van der Waals surface area (Å²) in [6.07, 6.45) is -3.09. The van der Waals surface area contributed by atoms with Crippen molar-refractivity contribution in [1.29, 1.82) is 10.5 Å². The Morgan fingerprint density at radius 2 is 1.80 bits per heavy atom. The van der Waals surface area contributed by atoms with E-state index in [0.29, 0.717) is 11.3 Å². The molecule has 1 aromatic carbocycles. The van der Waals surface area contributed by atoms with Gasteiger partial charge in [-0.3, -0.25) is 0 Å². The molecule has 7 heteroatoms. The number of anilines is 1. The number of ether oxygens (including phenoxy) is 1. The Morgan fingerprint density at radius 3 is 2.30 bits per heavy atom. The molecular weight excluding hydrogens is 271 g/mol. The molecule has 0 aliphatic carbocycles. The number of halogens is 3. The molecule has 1 rings (SSSR count). The Bertz CT molecular complexity index is 534. The van der Waals surface area contributed by atoms with E-state index in [9.17, 15) is 13.2 Å². The molecule has 1 aromatic rings. The van der Waals surface area contributed by atoms with Crippen LogP contribution in [0.2, 0.25) is 0 Å². The molecule has 0 aliphatic rings. The van der Waals surface area contributed by atoms with Crippen LogP contribution in [0.15, 0.2) is 36.0 Å². The summed E-state index contributed by atoms with van der Waals surface area (Å²) in [7, 11) is 0. The first-order valence-electron chi connectivity index (χ1n) is 5.45. The van der Waals surface area contributed by atoms with Crippen LogP contribution >= 0.6 is 0 Å². The Labute approximate surface area is 113 Å². The van der Waals surface area contributed by atoms with Crippen molar-refractivity contribution in [2.75, 3.05) is 11.9 Å². The third-order valence-corrected chi connectivity index (χ3v) is 2.11. The Balaban J connectivity index is 2.51. The number of hydrogen-bond acceptors (Lipinski definition) is 4. The number of allylic oxidation sites excluding steroid dienone is 1. The van der Waals surface area contributed by atoms with Crippen LogP contribution in [0.25, 0.3) is 0 Å². The number of rotatable bonds is 5. The maximum absolute atomic E-state index is 11.9. The number of alkyl halides is 3. The van der Waals surface area contributed by atoms with E-state index in [4.69, 9.17) is 10.5 Å². The van der Waals surface area contributed by atoms with Crippen molar-refractivity contribution in [1.82, 2.24) is 0 Å². The minimum absolute atomic E-state index is 0.0809. The summed E-state index contributed by atoms with van der Waals surface area (Å²) < 4.78 is 40.1. The van der Waals surface area contributed by atoms with E-state index >= 15 is 0 Å². The predicted molar refractivity (Wildman–Crippen MR) is 65.1 cm³/mol. The van der Waals surface area contributed by atoms with E-state index in [2.05, 4.69) is 10.1 Å². The van der Waals surface area contributed by atoms with E-state index in [1.807, 2.05) is 0 Å². The highest BCUT2D eigenvalue weighted by molar-refractivity contribution is 5.50. The second-order valence-corrected chi connectivity index (χ2v) is 3.73. The molecule has 0 fully saturated rings. The molecule has 0 aliphatic heterocycles.